The Morgan fingerprint density at radius 1 is 1.47 bits per heavy atom. The fourth-order valence-electron chi connectivity index (χ4n) is 1.46. The molecule has 3 N–H and O–H groups in total. The van der Waals surface area contributed by atoms with Crippen LogP contribution >= 0.6 is 15.9 Å². The molecular formula is C11H15BrN2O4S. The lowest BCUT2D eigenvalue weighted by Crippen LogP contribution is -2.28. The largest absolute Gasteiger partial charge is 0.380 e. The number of carbonyl (C=O) groups excluding carboxylic acids is 1. The topological polar surface area (TPSA) is 98.5 Å². The predicted octanol–water partition coefficient (Wildman–Crippen LogP) is 0.749. The number of methoxy groups -OCH3 is 1. The Morgan fingerprint density at radius 2 is 2.16 bits per heavy atom. The highest BCUT2D eigenvalue weighted by atomic mass is 79.9. The highest BCUT2D eigenvalue weighted by Gasteiger charge is 2.18. The summed E-state index contributed by atoms with van der Waals surface area (Å²) < 4.78 is 32.2. The molecule has 1 aromatic carbocycles. The highest BCUT2D eigenvalue weighted by molar-refractivity contribution is 9.10. The lowest BCUT2D eigenvalue weighted by Gasteiger charge is -2.11. The van der Waals surface area contributed by atoms with E-state index in [4.69, 9.17) is 10.5 Å². The maximum Gasteiger partial charge on any atom is 0.240 e. The van der Waals surface area contributed by atoms with Crippen LogP contribution in [0, 0.1) is 0 Å². The fourth-order valence-corrected chi connectivity index (χ4v) is 3.11. The monoisotopic (exact) mass is 350 g/mol. The van der Waals surface area contributed by atoms with Crippen LogP contribution in [0.5, 0.6) is 0 Å². The summed E-state index contributed by atoms with van der Waals surface area (Å²) in [6, 6.07) is 4.78. The van der Waals surface area contributed by atoms with Crippen LogP contribution in [0.2, 0.25) is 0 Å². The first-order chi connectivity index (χ1) is 8.86. The third-order valence-electron chi connectivity index (χ3n) is 2.28. The molecule has 0 fully saturated rings. The lowest BCUT2D eigenvalue weighted by molar-refractivity contribution is -0.117. The van der Waals surface area contributed by atoms with E-state index in [1.807, 2.05) is 0 Å². The van der Waals surface area contributed by atoms with Crippen LogP contribution in [0.1, 0.15) is 12.0 Å². The highest BCUT2D eigenvalue weighted by Crippen LogP contribution is 2.21. The number of nitrogens with one attached hydrogen (secondary N) is 1. The van der Waals surface area contributed by atoms with Crippen molar-refractivity contribution in [1.82, 2.24) is 4.72 Å². The van der Waals surface area contributed by atoms with E-state index in [0.717, 1.165) is 4.47 Å². The first-order valence-electron chi connectivity index (χ1n) is 5.42. The van der Waals surface area contributed by atoms with E-state index in [0.29, 0.717) is 5.56 Å². The smallest absolute Gasteiger partial charge is 0.240 e. The van der Waals surface area contributed by atoms with Crippen molar-refractivity contribution in [3.05, 3.63) is 28.2 Å². The van der Waals surface area contributed by atoms with Crippen molar-refractivity contribution in [2.45, 2.75) is 17.9 Å². The Balaban J connectivity index is 2.96. The Morgan fingerprint density at radius 3 is 2.74 bits per heavy atom. The number of hydrogen-bond acceptors (Lipinski definition) is 4. The molecule has 19 heavy (non-hydrogen) atoms. The molecule has 0 aliphatic rings. The van der Waals surface area contributed by atoms with E-state index in [-0.39, 0.29) is 24.5 Å². The molecule has 0 aliphatic heterocycles. The molecule has 0 heterocycles. The number of halogens is 1. The van der Waals surface area contributed by atoms with Crippen LogP contribution in [0.3, 0.4) is 0 Å². The summed E-state index contributed by atoms with van der Waals surface area (Å²) in [7, 11) is -2.20. The van der Waals surface area contributed by atoms with Gasteiger partial charge in [-0.1, -0.05) is 15.9 Å². The van der Waals surface area contributed by atoms with Gasteiger partial charge in [-0.2, -0.15) is 0 Å². The van der Waals surface area contributed by atoms with Gasteiger partial charge in [0.2, 0.25) is 15.9 Å². The predicted molar refractivity (Wildman–Crippen MR) is 73.9 cm³/mol. The number of nitrogens with two attached hydrogens (primary N) is 1. The minimum atomic E-state index is -3.68. The standard InChI is InChI=1S/C11H15BrN2O4S/c1-18-7-8-6-9(12)2-3-10(8)19(16,17)14-5-4-11(13)15/h2-3,6,14H,4-5,7H2,1H3,(H2,13,15). The summed E-state index contributed by atoms with van der Waals surface area (Å²) in [6.07, 6.45) is -0.0463. The molecule has 0 spiro atoms. The van der Waals surface area contributed by atoms with Gasteiger partial charge in [0.05, 0.1) is 11.5 Å². The quantitative estimate of drug-likeness (QED) is 0.757. The lowest BCUT2D eigenvalue weighted by atomic mass is 10.2. The normalized spacial score (nSPS) is 11.5. The van der Waals surface area contributed by atoms with Gasteiger partial charge in [0, 0.05) is 24.5 Å². The molecule has 0 aromatic heterocycles. The maximum atomic E-state index is 12.1. The number of carbonyl (C=O) groups is 1. The average Bonchev–Trinajstić information content (AvgIpc) is 2.28. The van der Waals surface area contributed by atoms with Gasteiger partial charge >= 0.3 is 0 Å². The average molecular weight is 351 g/mol. The van der Waals surface area contributed by atoms with Crippen molar-refractivity contribution in [2.24, 2.45) is 5.73 Å². The second kappa shape index (κ2) is 6.99. The molecule has 106 valence electrons. The van der Waals surface area contributed by atoms with Gasteiger partial charge in [0.15, 0.2) is 0 Å². The zero-order valence-corrected chi connectivity index (χ0v) is 12.8. The van der Waals surface area contributed by atoms with Crippen molar-refractivity contribution >= 4 is 31.9 Å². The Kier molecular flexibility index (Phi) is 5.92. The Hall–Kier alpha value is -0.960. The van der Waals surface area contributed by atoms with E-state index in [2.05, 4.69) is 20.7 Å². The number of amides is 1. The van der Waals surface area contributed by atoms with Gasteiger partial charge in [-0.3, -0.25) is 4.79 Å². The maximum absolute atomic E-state index is 12.1. The third-order valence-corrected chi connectivity index (χ3v) is 4.33. The van der Waals surface area contributed by atoms with Crippen LogP contribution in [-0.4, -0.2) is 28.0 Å². The Bertz CT molecular complexity index is 560. The molecule has 0 atom stereocenters. The summed E-state index contributed by atoms with van der Waals surface area (Å²) in [5, 5.41) is 0. The molecule has 6 nitrogen and oxygen atoms in total. The van der Waals surface area contributed by atoms with Crippen LogP contribution in [-0.2, 0) is 26.2 Å². The van der Waals surface area contributed by atoms with Gasteiger partial charge < -0.3 is 10.5 Å². The van der Waals surface area contributed by atoms with Gasteiger partial charge in [0.25, 0.3) is 0 Å². The van der Waals surface area contributed by atoms with E-state index in [1.54, 1.807) is 12.1 Å². The van der Waals surface area contributed by atoms with Crippen molar-refractivity contribution in [3.8, 4) is 0 Å². The van der Waals surface area contributed by atoms with E-state index in [1.165, 1.54) is 13.2 Å². The number of benzene rings is 1. The first-order valence-corrected chi connectivity index (χ1v) is 7.70. The summed E-state index contributed by atoms with van der Waals surface area (Å²) in [5.74, 6) is -0.560. The third kappa shape index (κ3) is 4.90. The van der Waals surface area contributed by atoms with Gasteiger partial charge in [0.1, 0.15) is 0 Å². The van der Waals surface area contributed by atoms with Crippen LogP contribution in [0.4, 0.5) is 0 Å². The zero-order valence-electron chi connectivity index (χ0n) is 10.3. The molecule has 0 saturated carbocycles. The van der Waals surface area contributed by atoms with E-state index >= 15 is 0 Å². The SMILES string of the molecule is COCc1cc(Br)ccc1S(=O)(=O)NCCC(N)=O. The number of ether oxygens (including phenoxy) is 1. The molecule has 1 rings (SSSR count). The Labute approximate surface area is 120 Å². The minimum Gasteiger partial charge on any atom is -0.380 e. The van der Waals surface area contributed by atoms with E-state index in [9.17, 15) is 13.2 Å². The number of hydrogen-bond donors (Lipinski definition) is 2. The van der Waals surface area contributed by atoms with Crippen molar-refractivity contribution in [3.63, 3.8) is 0 Å². The van der Waals surface area contributed by atoms with Gasteiger partial charge in [-0.15, -0.1) is 0 Å². The van der Waals surface area contributed by atoms with Gasteiger partial charge in [-0.05, 0) is 23.8 Å². The van der Waals surface area contributed by atoms with Crippen molar-refractivity contribution in [2.75, 3.05) is 13.7 Å². The minimum absolute atomic E-state index is 0.0276. The number of rotatable bonds is 7. The van der Waals surface area contributed by atoms with Crippen LogP contribution in [0.25, 0.3) is 0 Å². The zero-order chi connectivity index (χ0) is 14.5. The molecule has 1 aromatic rings. The van der Waals surface area contributed by atoms with Gasteiger partial charge in [-0.25, -0.2) is 13.1 Å². The summed E-state index contributed by atoms with van der Waals surface area (Å²) in [5.41, 5.74) is 5.49. The summed E-state index contributed by atoms with van der Waals surface area (Å²) in [6.45, 7) is 0.144. The first kappa shape index (κ1) is 16.1. The van der Waals surface area contributed by atoms with Crippen molar-refractivity contribution in [1.29, 1.82) is 0 Å². The second-order valence-electron chi connectivity index (χ2n) is 3.80. The molecule has 0 aliphatic carbocycles. The van der Waals surface area contributed by atoms with Crippen molar-refractivity contribution < 1.29 is 17.9 Å². The molecule has 0 bridgehead atoms. The van der Waals surface area contributed by atoms with E-state index < -0.39 is 15.9 Å². The molecule has 8 heteroatoms. The van der Waals surface area contributed by atoms with Crippen LogP contribution in [0.15, 0.2) is 27.6 Å². The molecule has 1 amide bonds. The molecule has 0 unspecified atom stereocenters. The number of primary amides is 1. The second-order valence-corrected chi connectivity index (χ2v) is 6.45. The molecule has 0 radical (unpaired) electrons. The molecule has 0 saturated heterocycles. The van der Waals surface area contributed by atoms with Crippen LogP contribution < -0.4 is 10.5 Å². The summed E-state index contributed by atoms with van der Waals surface area (Å²) >= 11 is 3.27. The molecular weight excluding hydrogens is 336 g/mol. The summed E-state index contributed by atoms with van der Waals surface area (Å²) in [4.78, 5) is 10.7. The fraction of sp³-hybridized carbons (Fsp3) is 0.364. The number of sulfonamides is 1.